The van der Waals surface area contributed by atoms with Gasteiger partial charge in [-0.3, -0.25) is 4.79 Å². The number of rotatable bonds is 3. The summed E-state index contributed by atoms with van der Waals surface area (Å²) in [6.45, 7) is 0.0585. The number of carbonyl (C=O) groups is 3. The second kappa shape index (κ2) is 6.29. The molecule has 26 heavy (non-hydrogen) atoms. The molecule has 1 saturated heterocycles. The molecule has 1 atom stereocenters. The molecule has 6 nitrogen and oxygen atoms in total. The van der Waals surface area contributed by atoms with Gasteiger partial charge in [-0.05, 0) is 28.7 Å². The Balaban J connectivity index is 1.56. The number of nitrogens with zero attached hydrogens (tertiary/aromatic N) is 1. The molecule has 4 rings (SSSR count). The van der Waals surface area contributed by atoms with E-state index < -0.39 is 24.0 Å². The second-order valence-corrected chi connectivity index (χ2v) is 6.46. The molecular weight excluding hydrogens is 334 g/mol. The number of aliphatic carboxylic acids is 1. The first kappa shape index (κ1) is 16.3. The van der Waals surface area contributed by atoms with E-state index in [1.165, 1.54) is 0 Å². The monoisotopic (exact) mass is 351 g/mol. The molecule has 1 heterocycles. The minimum atomic E-state index is -1.19. The fourth-order valence-corrected chi connectivity index (χ4v) is 3.81. The predicted molar refractivity (Wildman–Crippen MR) is 92.6 cm³/mol. The maximum absolute atomic E-state index is 12.4. The molecule has 6 heteroatoms. The van der Waals surface area contributed by atoms with Crippen LogP contribution in [0.2, 0.25) is 0 Å². The molecule has 2 aromatic carbocycles. The highest BCUT2D eigenvalue weighted by Gasteiger charge is 2.42. The Morgan fingerprint density at radius 3 is 2.19 bits per heavy atom. The molecule has 0 radical (unpaired) electrons. The number of hydrogen-bond donors (Lipinski definition) is 1. The third-order valence-electron chi connectivity index (χ3n) is 5.03. The summed E-state index contributed by atoms with van der Waals surface area (Å²) in [4.78, 5) is 36.2. The van der Waals surface area contributed by atoms with Gasteiger partial charge in [-0.2, -0.15) is 0 Å². The van der Waals surface area contributed by atoms with E-state index >= 15 is 0 Å². The van der Waals surface area contributed by atoms with Crippen LogP contribution in [0.25, 0.3) is 11.1 Å². The molecule has 1 N–H and O–H groups in total. The third-order valence-corrected chi connectivity index (χ3v) is 5.03. The van der Waals surface area contributed by atoms with Crippen LogP contribution in [0.5, 0.6) is 0 Å². The predicted octanol–water partition coefficient (Wildman–Crippen LogP) is 3.01. The van der Waals surface area contributed by atoms with Crippen molar-refractivity contribution in [3.05, 3.63) is 59.7 Å². The van der Waals surface area contributed by atoms with Gasteiger partial charge in [0.1, 0.15) is 12.6 Å². The van der Waals surface area contributed by atoms with E-state index in [4.69, 9.17) is 4.74 Å². The Morgan fingerprint density at radius 1 is 1.04 bits per heavy atom. The van der Waals surface area contributed by atoms with Crippen LogP contribution < -0.4 is 0 Å². The maximum Gasteiger partial charge on any atom is 0.417 e. The van der Waals surface area contributed by atoms with Gasteiger partial charge >= 0.3 is 12.1 Å². The lowest BCUT2D eigenvalue weighted by Crippen LogP contribution is -2.43. The molecule has 1 aliphatic carbocycles. The van der Waals surface area contributed by atoms with Gasteiger partial charge in [-0.15, -0.1) is 0 Å². The van der Waals surface area contributed by atoms with Gasteiger partial charge in [0.15, 0.2) is 0 Å². The van der Waals surface area contributed by atoms with E-state index in [1.54, 1.807) is 0 Å². The number of ether oxygens (including phenoxy) is 1. The van der Waals surface area contributed by atoms with Crippen LogP contribution in [0, 0.1) is 0 Å². The van der Waals surface area contributed by atoms with Crippen LogP contribution in [-0.4, -0.2) is 40.6 Å². The molecule has 2 aromatic rings. The number of carboxylic acid groups (broad SMARTS) is 1. The second-order valence-electron chi connectivity index (χ2n) is 6.46. The summed E-state index contributed by atoms with van der Waals surface area (Å²) in [7, 11) is 0. The normalized spacial score (nSPS) is 18.5. The molecular formula is C20H17NO5. The molecule has 0 bridgehead atoms. The summed E-state index contributed by atoms with van der Waals surface area (Å²) < 4.78 is 5.38. The molecule has 0 saturated carbocycles. The highest BCUT2D eigenvalue weighted by molar-refractivity contribution is 5.99. The SMILES string of the molecule is O=C(O)[C@H]1CCC(=O)N1C(=O)OCC1c2ccccc2-c2ccccc21. The summed E-state index contributed by atoms with van der Waals surface area (Å²) in [6, 6.07) is 14.7. The van der Waals surface area contributed by atoms with E-state index in [-0.39, 0.29) is 25.4 Å². The van der Waals surface area contributed by atoms with Crippen LogP contribution in [0.1, 0.15) is 29.9 Å². The molecule has 132 valence electrons. The molecule has 1 fully saturated rings. The number of hydrogen-bond acceptors (Lipinski definition) is 4. The first-order valence-electron chi connectivity index (χ1n) is 8.47. The lowest BCUT2D eigenvalue weighted by Gasteiger charge is -2.21. The lowest BCUT2D eigenvalue weighted by molar-refractivity contribution is -0.145. The van der Waals surface area contributed by atoms with E-state index in [1.807, 2.05) is 48.5 Å². The lowest BCUT2D eigenvalue weighted by atomic mass is 9.98. The first-order valence-corrected chi connectivity index (χ1v) is 8.47. The van der Waals surface area contributed by atoms with Crippen molar-refractivity contribution in [2.24, 2.45) is 0 Å². The summed E-state index contributed by atoms with van der Waals surface area (Å²) in [5.41, 5.74) is 4.32. The fourth-order valence-electron chi connectivity index (χ4n) is 3.81. The zero-order valence-electron chi connectivity index (χ0n) is 13.9. The molecule has 2 amide bonds. The van der Waals surface area contributed by atoms with Crippen molar-refractivity contribution in [1.82, 2.24) is 4.90 Å². The van der Waals surface area contributed by atoms with Gasteiger partial charge in [0, 0.05) is 12.3 Å². The zero-order chi connectivity index (χ0) is 18.3. The Hall–Kier alpha value is -3.15. The van der Waals surface area contributed by atoms with Crippen LogP contribution in [0.3, 0.4) is 0 Å². The average molecular weight is 351 g/mol. The number of fused-ring (bicyclic) bond motifs is 3. The first-order chi connectivity index (χ1) is 12.6. The number of benzene rings is 2. The molecule has 2 aliphatic rings. The quantitative estimate of drug-likeness (QED) is 0.919. The number of carbonyl (C=O) groups excluding carboxylic acids is 2. The van der Waals surface area contributed by atoms with E-state index in [0.29, 0.717) is 0 Å². The summed E-state index contributed by atoms with van der Waals surface area (Å²) in [6.07, 6.45) is -0.721. The number of imide groups is 1. The van der Waals surface area contributed by atoms with Crippen molar-refractivity contribution in [3.63, 3.8) is 0 Å². The summed E-state index contributed by atoms with van der Waals surface area (Å²) in [5.74, 6) is -1.83. The van der Waals surface area contributed by atoms with Gasteiger partial charge < -0.3 is 9.84 Å². The Labute approximate surface area is 150 Å². The molecule has 0 unspecified atom stereocenters. The molecule has 0 spiro atoms. The zero-order valence-corrected chi connectivity index (χ0v) is 13.9. The van der Waals surface area contributed by atoms with Crippen LogP contribution in [-0.2, 0) is 14.3 Å². The van der Waals surface area contributed by atoms with Crippen molar-refractivity contribution in [2.45, 2.75) is 24.8 Å². The van der Waals surface area contributed by atoms with Gasteiger partial charge in [0.25, 0.3) is 0 Å². The van der Waals surface area contributed by atoms with Gasteiger partial charge in [0.2, 0.25) is 5.91 Å². The maximum atomic E-state index is 12.4. The minimum Gasteiger partial charge on any atom is -0.480 e. The van der Waals surface area contributed by atoms with Gasteiger partial charge in [0.05, 0.1) is 0 Å². The van der Waals surface area contributed by atoms with Crippen LogP contribution in [0.4, 0.5) is 4.79 Å². The van der Waals surface area contributed by atoms with Gasteiger partial charge in [-0.25, -0.2) is 14.5 Å². The minimum absolute atomic E-state index is 0.0428. The Morgan fingerprint density at radius 2 is 1.62 bits per heavy atom. The topological polar surface area (TPSA) is 83.9 Å². The van der Waals surface area contributed by atoms with E-state index in [2.05, 4.69) is 0 Å². The van der Waals surface area contributed by atoms with Crippen molar-refractivity contribution in [3.8, 4) is 11.1 Å². The highest BCUT2D eigenvalue weighted by Crippen LogP contribution is 2.44. The van der Waals surface area contributed by atoms with Crippen molar-refractivity contribution >= 4 is 18.0 Å². The highest BCUT2D eigenvalue weighted by atomic mass is 16.6. The fraction of sp³-hybridized carbons (Fsp3) is 0.250. The van der Waals surface area contributed by atoms with Crippen molar-refractivity contribution in [2.75, 3.05) is 6.61 Å². The van der Waals surface area contributed by atoms with E-state index in [9.17, 15) is 19.5 Å². The number of carboxylic acids is 1. The van der Waals surface area contributed by atoms with Crippen LogP contribution in [0.15, 0.2) is 48.5 Å². The van der Waals surface area contributed by atoms with Crippen molar-refractivity contribution in [1.29, 1.82) is 0 Å². The largest absolute Gasteiger partial charge is 0.480 e. The average Bonchev–Trinajstić information content (AvgIpc) is 3.18. The smallest absolute Gasteiger partial charge is 0.417 e. The number of likely N-dealkylation sites (tertiary alicyclic amines) is 1. The summed E-state index contributed by atoms with van der Waals surface area (Å²) in [5, 5.41) is 9.19. The summed E-state index contributed by atoms with van der Waals surface area (Å²) >= 11 is 0. The third kappa shape index (κ3) is 2.54. The molecule has 1 aliphatic heterocycles. The van der Waals surface area contributed by atoms with Gasteiger partial charge in [-0.1, -0.05) is 48.5 Å². The number of amides is 2. The van der Waals surface area contributed by atoms with E-state index in [0.717, 1.165) is 27.2 Å². The molecule has 0 aromatic heterocycles. The van der Waals surface area contributed by atoms with Crippen LogP contribution >= 0.6 is 0 Å². The Kier molecular flexibility index (Phi) is 3.95. The standard InChI is InChI=1S/C20H17NO5/c22-18-10-9-17(19(23)24)21(18)20(25)26-11-16-14-7-3-1-5-12(14)13-6-2-4-8-15(13)16/h1-8,16-17H,9-11H2,(H,23,24)/t17-/m1/s1. The van der Waals surface area contributed by atoms with Crippen molar-refractivity contribution < 1.29 is 24.2 Å². The Bertz CT molecular complexity index is 861.